The van der Waals surface area contributed by atoms with E-state index in [1.165, 1.54) is 12.1 Å². The fourth-order valence-corrected chi connectivity index (χ4v) is 3.24. The van der Waals surface area contributed by atoms with Gasteiger partial charge in [0.15, 0.2) is 10.2 Å². The number of amides is 1. The van der Waals surface area contributed by atoms with Gasteiger partial charge in [0.25, 0.3) is 5.91 Å². The Hall–Kier alpha value is -2.75. The highest BCUT2D eigenvalue weighted by molar-refractivity contribution is 8.43. The first-order valence-corrected chi connectivity index (χ1v) is 7.59. The first-order valence-electron chi connectivity index (χ1n) is 5.59. The molecule has 0 aliphatic carbocycles. The Labute approximate surface area is 120 Å². The number of hydrogen-bond acceptors (Lipinski definition) is 6. The van der Waals surface area contributed by atoms with Gasteiger partial charge in [-0.3, -0.25) is 30.3 Å². The number of aliphatic imine (C=N–C) groups is 1. The summed E-state index contributed by atoms with van der Waals surface area (Å²) in [6, 6.07) is 8.01. The van der Waals surface area contributed by atoms with Crippen molar-refractivity contribution >= 4 is 21.3 Å². The Kier molecular flexibility index (Phi) is 3.72. The molecule has 0 saturated heterocycles. The predicted molar refractivity (Wildman–Crippen MR) is 76.9 cm³/mol. The van der Waals surface area contributed by atoms with E-state index in [1.807, 2.05) is 0 Å². The Morgan fingerprint density at radius 3 is 2.38 bits per heavy atom. The molecule has 1 aromatic rings. The standard InChI is InChI=1S/C11H10N4O5S/c1-21(15(19)20)9(14(17)18)7-12-11(21)13-10(16)8-5-3-2-4-6-8/h2-7H,1H3,(H,12,13,16). The Balaban J connectivity index is 2.28. The molecule has 1 aliphatic rings. The zero-order valence-electron chi connectivity index (χ0n) is 10.8. The molecule has 1 heterocycles. The number of benzene rings is 1. The van der Waals surface area contributed by atoms with Crippen LogP contribution in [0.15, 0.2) is 46.6 Å². The van der Waals surface area contributed by atoms with Crippen molar-refractivity contribution in [2.45, 2.75) is 0 Å². The first-order chi connectivity index (χ1) is 9.87. The van der Waals surface area contributed by atoms with Crippen molar-refractivity contribution in [3.63, 3.8) is 0 Å². The summed E-state index contributed by atoms with van der Waals surface area (Å²) in [7, 11) is -3.20. The predicted octanol–water partition coefficient (Wildman–Crippen LogP) is 1.49. The van der Waals surface area contributed by atoms with E-state index in [2.05, 4.69) is 10.3 Å². The monoisotopic (exact) mass is 310 g/mol. The average molecular weight is 310 g/mol. The summed E-state index contributed by atoms with van der Waals surface area (Å²) in [4.78, 5) is 36.9. The SMILES string of the molecule is CS1([N+](=O)[O-])C([N+](=O)[O-])=CN=C1NC(=O)c1ccccc1. The zero-order valence-corrected chi connectivity index (χ0v) is 11.6. The second kappa shape index (κ2) is 5.32. The highest BCUT2D eigenvalue weighted by Crippen LogP contribution is 2.55. The summed E-state index contributed by atoms with van der Waals surface area (Å²) < 4.78 is -0.765. The second-order valence-corrected chi connectivity index (χ2v) is 6.93. The lowest BCUT2D eigenvalue weighted by molar-refractivity contribution is -0.418. The van der Waals surface area contributed by atoms with Crippen LogP contribution in [0, 0.1) is 20.2 Å². The van der Waals surface area contributed by atoms with Crippen molar-refractivity contribution in [3.05, 3.63) is 67.4 Å². The summed E-state index contributed by atoms with van der Waals surface area (Å²) in [5.74, 6) is -0.604. The molecular formula is C11H10N4O5S. The van der Waals surface area contributed by atoms with Crippen LogP contribution in [0.3, 0.4) is 0 Å². The molecule has 0 fully saturated rings. The van der Waals surface area contributed by atoms with Gasteiger partial charge in [0.05, 0.1) is 9.25 Å². The largest absolute Gasteiger partial charge is 0.370 e. The highest BCUT2D eigenvalue weighted by atomic mass is 32.3. The summed E-state index contributed by atoms with van der Waals surface area (Å²) >= 11 is 0. The van der Waals surface area contributed by atoms with E-state index < -0.39 is 30.4 Å². The molecule has 0 radical (unpaired) electrons. The van der Waals surface area contributed by atoms with Gasteiger partial charge in [-0.05, 0) is 12.1 Å². The van der Waals surface area contributed by atoms with Crippen LogP contribution in [0.5, 0.6) is 0 Å². The molecule has 0 aromatic heterocycles. The van der Waals surface area contributed by atoms with E-state index in [4.69, 9.17) is 0 Å². The Morgan fingerprint density at radius 1 is 1.24 bits per heavy atom. The Morgan fingerprint density at radius 2 is 1.86 bits per heavy atom. The van der Waals surface area contributed by atoms with Crippen molar-refractivity contribution < 1.29 is 14.0 Å². The normalized spacial score (nSPS) is 23.5. The number of nitrogens with zero attached hydrogens (tertiary/aromatic N) is 3. The highest BCUT2D eigenvalue weighted by Gasteiger charge is 2.53. The lowest BCUT2D eigenvalue weighted by Gasteiger charge is -2.20. The van der Waals surface area contributed by atoms with Crippen LogP contribution >= 0.6 is 10.2 Å². The molecule has 9 nitrogen and oxygen atoms in total. The maximum atomic E-state index is 12.0. The van der Waals surface area contributed by atoms with Crippen molar-refractivity contribution in [2.75, 3.05) is 6.26 Å². The number of amidine groups is 1. The third-order valence-electron chi connectivity index (χ3n) is 2.81. The van der Waals surface area contributed by atoms with Crippen LogP contribution in [0.25, 0.3) is 0 Å². The van der Waals surface area contributed by atoms with Crippen molar-refractivity contribution in [1.29, 1.82) is 0 Å². The van der Waals surface area contributed by atoms with E-state index in [1.54, 1.807) is 18.2 Å². The number of nitro groups is 2. The summed E-state index contributed by atoms with van der Waals surface area (Å²) in [6.45, 7) is 0. The molecule has 110 valence electrons. The molecule has 1 unspecified atom stereocenters. The molecule has 1 aliphatic heterocycles. The fourth-order valence-electron chi connectivity index (χ4n) is 1.65. The minimum atomic E-state index is -3.20. The van der Waals surface area contributed by atoms with Gasteiger partial charge in [-0.15, -0.1) is 0 Å². The summed E-state index contributed by atoms with van der Waals surface area (Å²) in [5, 5.41) is 23.5. The lowest BCUT2D eigenvalue weighted by Crippen LogP contribution is -2.36. The number of hydrogen-bond donors (Lipinski definition) is 1. The van der Waals surface area contributed by atoms with Crippen LogP contribution in [0.2, 0.25) is 0 Å². The van der Waals surface area contributed by atoms with E-state index in [9.17, 15) is 25.0 Å². The van der Waals surface area contributed by atoms with Crippen LogP contribution < -0.4 is 5.32 Å². The van der Waals surface area contributed by atoms with Gasteiger partial charge in [0, 0.05) is 11.8 Å². The molecule has 10 heteroatoms. The molecule has 0 saturated carbocycles. The van der Waals surface area contributed by atoms with E-state index in [0.717, 1.165) is 12.5 Å². The van der Waals surface area contributed by atoms with Crippen molar-refractivity contribution in [2.24, 2.45) is 4.99 Å². The van der Waals surface area contributed by atoms with E-state index in [-0.39, 0.29) is 10.7 Å². The van der Waals surface area contributed by atoms with Crippen molar-refractivity contribution in [3.8, 4) is 0 Å². The van der Waals surface area contributed by atoms with Crippen LogP contribution in [-0.2, 0) is 0 Å². The molecular weight excluding hydrogens is 300 g/mol. The molecule has 0 bridgehead atoms. The van der Waals surface area contributed by atoms with Gasteiger partial charge in [-0.2, -0.15) is 0 Å². The van der Waals surface area contributed by atoms with Crippen molar-refractivity contribution in [1.82, 2.24) is 5.32 Å². The molecule has 1 amide bonds. The number of carbonyl (C=O) groups excluding carboxylic acids is 1. The minimum Gasteiger partial charge on any atom is -0.297 e. The molecule has 0 spiro atoms. The zero-order chi connectivity index (χ0) is 15.6. The third kappa shape index (κ3) is 2.48. The molecule has 21 heavy (non-hydrogen) atoms. The average Bonchev–Trinajstić information content (AvgIpc) is 2.78. The maximum Gasteiger partial charge on any atom is 0.370 e. The first kappa shape index (κ1) is 14.7. The third-order valence-corrected chi connectivity index (χ3v) is 5.44. The topological polar surface area (TPSA) is 128 Å². The number of carbonyl (C=O) groups is 1. The molecule has 1 aromatic carbocycles. The van der Waals surface area contributed by atoms with Gasteiger partial charge in [-0.25, -0.2) is 4.99 Å². The van der Waals surface area contributed by atoms with Gasteiger partial charge in [0.2, 0.25) is 5.17 Å². The van der Waals surface area contributed by atoms with E-state index >= 15 is 0 Å². The van der Waals surface area contributed by atoms with Gasteiger partial charge < -0.3 is 0 Å². The molecule has 2 rings (SSSR count). The molecule has 1 N–H and O–H groups in total. The van der Waals surface area contributed by atoms with Gasteiger partial charge >= 0.3 is 5.03 Å². The van der Waals surface area contributed by atoms with Crippen LogP contribution in [-0.4, -0.2) is 26.6 Å². The summed E-state index contributed by atoms with van der Waals surface area (Å²) in [5.41, 5.74) is 0.278. The van der Waals surface area contributed by atoms with Crippen LogP contribution in [0.1, 0.15) is 10.4 Å². The number of nitrogens with one attached hydrogen (secondary N) is 1. The van der Waals surface area contributed by atoms with Crippen LogP contribution in [0.4, 0.5) is 0 Å². The lowest BCUT2D eigenvalue weighted by atomic mass is 10.2. The number of rotatable bonds is 3. The molecule has 1 atom stereocenters. The fraction of sp³-hybridized carbons (Fsp3) is 0.0909. The second-order valence-electron chi connectivity index (χ2n) is 4.08. The summed E-state index contributed by atoms with van der Waals surface area (Å²) in [6.07, 6.45) is 1.93. The minimum absolute atomic E-state index is 0.278. The van der Waals surface area contributed by atoms with Gasteiger partial charge in [0.1, 0.15) is 6.20 Å². The quantitative estimate of drug-likeness (QED) is 0.668. The van der Waals surface area contributed by atoms with E-state index in [0.29, 0.717) is 0 Å². The Bertz CT molecular complexity index is 687. The maximum absolute atomic E-state index is 12.0. The van der Waals surface area contributed by atoms with Gasteiger partial charge in [-0.1, -0.05) is 18.2 Å². The smallest absolute Gasteiger partial charge is 0.297 e.